The predicted octanol–water partition coefficient (Wildman–Crippen LogP) is 6.02. The van der Waals surface area contributed by atoms with Crippen molar-refractivity contribution in [2.45, 2.75) is 19.3 Å². The summed E-state index contributed by atoms with van der Waals surface area (Å²) in [6.45, 7) is 2.12. The standard InChI is InChI=1S/C16H15BrCl2/c1-11-3-2-4-13(7-11)14(10-17)8-12-5-6-15(18)16(19)9-12/h2-7,9,14H,8,10H2,1H3. The van der Waals surface area contributed by atoms with Crippen molar-refractivity contribution >= 4 is 39.1 Å². The summed E-state index contributed by atoms with van der Waals surface area (Å²) in [5, 5.41) is 2.16. The highest BCUT2D eigenvalue weighted by Gasteiger charge is 2.12. The van der Waals surface area contributed by atoms with Crippen LogP contribution >= 0.6 is 39.1 Å². The van der Waals surface area contributed by atoms with Gasteiger partial charge in [-0.3, -0.25) is 0 Å². The van der Waals surface area contributed by atoms with Crippen molar-refractivity contribution in [2.24, 2.45) is 0 Å². The first-order valence-corrected chi connectivity index (χ1v) is 8.04. The zero-order chi connectivity index (χ0) is 13.8. The summed E-state index contributed by atoms with van der Waals surface area (Å²) in [4.78, 5) is 0. The Morgan fingerprint density at radius 1 is 1.05 bits per heavy atom. The highest BCUT2D eigenvalue weighted by atomic mass is 79.9. The van der Waals surface area contributed by atoms with Crippen molar-refractivity contribution in [2.75, 3.05) is 5.33 Å². The Hall–Kier alpha value is -0.500. The molecule has 0 saturated heterocycles. The molecule has 0 aromatic heterocycles. The van der Waals surface area contributed by atoms with Crippen LogP contribution in [-0.4, -0.2) is 5.33 Å². The minimum Gasteiger partial charge on any atom is -0.0921 e. The van der Waals surface area contributed by atoms with Crippen LogP contribution < -0.4 is 0 Å². The van der Waals surface area contributed by atoms with Gasteiger partial charge in [-0.25, -0.2) is 0 Å². The monoisotopic (exact) mass is 356 g/mol. The van der Waals surface area contributed by atoms with Crippen LogP contribution in [0.1, 0.15) is 22.6 Å². The van der Waals surface area contributed by atoms with Crippen LogP contribution in [0.15, 0.2) is 42.5 Å². The third-order valence-electron chi connectivity index (χ3n) is 3.17. The summed E-state index contributed by atoms with van der Waals surface area (Å²) in [7, 11) is 0. The molecule has 100 valence electrons. The van der Waals surface area contributed by atoms with Crippen molar-refractivity contribution in [1.29, 1.82) is 0 Å². The van der Waals surface area contributed by atoms with E-state index in [9.17, 15) is 0 Å². The lowest BCUT2D eigenvalue weighted by Gasteiger charge is -2.15. The molecule has 0 spiro atoms. The fraction of sp³-hybridized carbons (Fsp3) is 0.250. The number of halogens is 3. The third-order valence-corrected chi connectivity index (χ3v) is 4.69. The summed E-state index contributed by atoms with van der Waals surface area (Å²) in [5.41, 5.74) is 3.85. The number of benzene rings is 2. The van der Waals surface area contributed by atoms with Gasteiger partial charge in [-0.05, 0) is 42.5 Å². The number of hydrogen-bond donors (Lipinski definition) is 0. The van der Waals surface area contributed by atoms with Crippen molar-refractivity contribution in [3.8, 4) is 0 Å². The molecule has 0 heterocycles. The largest absolute Gasteiger partial charge is 0.0921 e. The summed E-state index contributed by atoms with van der Waals surface area (Å²) < 4.78 is 0. The van der Waals surface area contributed by atoms with Gasteiger partial charge in [0.1, 0.15) is 0 Å². The van der Waals surface area contributed by atoms with Gasteiger partial charge in [0.25, 0.3) is 0 Å². The highest BCUT2D eigenvalue weighted by molar-refractivity contribution is 9.09. The third kappa shape index (κ3) is 3.98. The van der Waals surface area contributed by atoms with E-state index in [4.69, 9.17) is 23.2 Å². The molecule has 0 saturated carbocycles. The molecule has 0 fully saturated rings. The van der Waals surface area contributed by atoms with Crippen molar-refractivity contribution < 1.29 is 0 Å². The van der Waals surface area contributed by atoms with Crippen LogP contribution in [0.4, 0.5) is 0 Å². The zero-order valence-corrected chi connectivity index (χ0v) is 13.8. The maximum Gasteiger partial charge on any atom is 0.0595 e. The summed E-state index contributed by atoms with van der Waals surface area (Å²) in [5.74, 6) is 0.442. The molecule has 1 atom stereocenters. The Bertz CT molecular complexity index is 566. The summed E-state index contributed by atoms with van der Waals surface area (Å²) >= 11 is 15.6. The SMILES string of the molecule is Cc1cccc(C(CBr)Cc2ccc(Cl)c(Cl)c2)c1. The molecule has 0 amide bonds. The van der Waals surface area contributed by atoms with Crippen LogP contribution in [0, 0.1) is 6.92 Å². The lowest BCUT2D eigenvalue weighted by atomic mass is 9.93. The number of rotatable bonds is 4. The Kier molecular flexibility index (Phi) is 5.32. The van der Waals surface area contributed by atoms with Crippen molar-refractivity contribution in [1.82, 2.24) is 0 Å². The maximum absolute atomic E-state index is 6.07. The molecular formula is C16H15BrCl2. The maximum atomic E-state index is 6.07. The minimum atomic E-state index is 0.442. The van der Waals surface area contributed by atoms with Crippen LogP contribution in [0.3, 0.4) is 0 Å². The number of aryl methyl sites for hydroxylation is 1. The predicted molar refractivity (Wildman–Crippen MR) is 87.9 cm³/mol. The van der Waals surface area contributed by atoms with Crippen molar-refractivity contribution in [3.05, 3.63) is 69.2 Å². The molecule has 2 rings (SSSR count). The molecular weight excluding hydrogens is 343 g/mol. The molecule has 0 aliphatic rings. The van der Waals surface area contributed by atoms with Crippen molar-refractivity contribution in [3.63, 3.8) is 0 Å². The van der Waals surface area contributed by atoms with E-state index >= 15 is 0 Å². The molecule has 0 bridgehead atoms. The van der Waals surface area contributed by atoms with E-state index in [-0.39, 0.29) is 0 Å². The van der Waals surface area contributed by atoms with Gasteiger partial charge >= 0.3 is 0 Å². The van der Waals surface area contributed by atoms with Crippen LogP contribution in [-0.2, 0) is 6.42 Å². The second-order valence-corrected chi connectivity index (χ2v) is 6.18. The van der Waals surface area contributed by atoms with Gasteiger partial charge in [0, 0.05) is 5.33 Å². The molecule has 3 heteroatoms. The van der Waals surface area contributed by atoms with Gasteiger partial charge in [-0.1, -0.05) is 75.0 Å². The van der Waals surface area contributed by atoms with Gasteiger partial charge in [0.05, 0.1) is 10.0 Å². The van der Waals surface area contributed by atoms with Gasteiger partial charge in [-0.2, -0.15) is 0 Å². The van der Waals surface area contributed by atoms with Crippen LogP contribution in [0.25, 0.3) is 0 Å². The van der Waals surface area contributed by atoms with E-state index in [0.29, 0.717) is 16.0 Å². The fourth-order valence-corrected chi connectivity index (χ4v) is 3.06. The lowest BCUT2D eigenvalue weighted by molar-refractivity contribution is 0.774. The first-order valence-electron chi connectivity index (χ1n) is 6.16. The number of hydrogen-bond acceptors (Lipinski definition) is 0. The van der Waals surface area contributed by atoms with E-state index in [1.54, 1.807) is 0 Å². The molecule has 19 heavy (non-hydrogen) atoms. The van der Waals surface area contributed by atoms with E-state index in [0.717, 1.165) is 11.8 Å². The van der Waals surface area contributed by atoms with E-state index < -0.39 is 0 Å². The molecule has 1 unspecified atom stereocenters. The summed E-state index contributed by atoms with van der Waals surface area (Å²) in [6.07, 6.45) is 0.950. The molecule has 0 nitrogen and oxygen atoms in total. The average molecular weight is 358 g/mol. The fourth-order valence-electron chi connectivity index (χ4n) is 2.14. The molecule has 0 radical (unpaired) electrons. The molecule has 0 N–H and O–H groups in total. The topological polar surface area (TPSA) is 0 Å². The first kappa shape index (κ1) is 14.9. The zero-order valence-electron chi connectivity index (χ0n) is 10.7. The van der Waals surface area contributed by atoms with E-state index in [1.165, 1.54) is 16.7 Å². The number of alkyl halides is 1. The minimum absolute atomic E-state index is 0.442. The van der Waals surface area contributed by atoms with Gasteiger partial charge in [0.15, 0.2) is 0 Å². The second-order valence-electron chi connectivity index (χ2n) is 4.72. The highest BCUT2D eigenvalue weighted by Crippen LogP contribution is 2.28. The lowest BCUT2D eigenvalue weighted by Crippen LogP contribution is -2.04. The molecule has 2 aromatic carbocycles. The van der Waals surface area contributed by atoms with Gasteiger partial charge in [0.2, 0.25) is 0 Å². The molecule has 0 aliphatic carbocycles. The average Bonchev–Trinajstić information content (AvgIpc) is 2.40. The second kappa shape index (κ2) is 6.78. The molecule has 2 aromatic rings. The normalized spacial score (nSPS) is 12.4. The summed E-state index contributed by atoms with van der Waals surface area (Å²) in [6, 6.07) is 14.5. The van der Waals surface area contributed by atoms with Crippen LogP contribution in [0.2, 0.25) is 10.0 Å². The Balaban J connectivity index is 2.21. The Morgan fingerprint density at radius 2 is 1.84 bits per heavy atom. The quantitative estimate of drug-likeness (QED) is 0.586. The van der Waals surface area contributed by atoms with Gasteiger partial charge in [-0.15, -0.1) is 0 Å². The van der Waals surface area contributed by atoms with Crippen LogP contribution in [0.5, 0.6) is 0 Å². The first-order chi connectivity index (χ1) is 9.10. The molecule has 0 aliphatic heterocycles. The van der Waals surface area contributed by atoms with E-state index in [2.05, 4.69) is 47.1 Å². The Labute approximate surface area is 132 Å². The smallest absolute Gasteiger partial charge is 0.0595 e. The Morgan fingerprint density at radius 3 is 2.47 bits per heavy atom. The van der Waals surface area contributed by atoms with E-state index in [1.807, 2.05) is 18.2 Å². The van der Waals surface area contributed by atoms with Gasteiger partial charge < -0.3 is 0 Å².